The molecule has 0 spiro atoms. The van der Waals surface area contributed by atoms with Crippen molar-refractivity contribution in [1.82, 2.24) is 5.32 Å². The van der Waals surface area contributed by atoms with Gasteiger partial charge in [0.05, 0.1) is 0 Å². The smallest absolute Gasteiger partial charge is 0.0323 e. The molecule has 2 atom stereocenters. The third kappa shape index (κ3) is 3.68. The van der Waals surface area contributed by atoms with Crippen molar-refractivity contribution in [3.05, 3.63) is 71.8 Å². The van der Waals surface area contributed by atoms with Crippen LogP contribution in [0.1, 0.15) is 49.9 Å². The quantitative estimate of drug-likeness (QED) is 0.773. The molecule has 0 aliphatic carbocycles. The average Bonchev–Trinajstić information content (AvgIpc) is 2.50. The lowest BCUT2D eigenvalue weighted by atomic mass is 9.99. The van der Waals surface area contributed by atoms with Gasteiger partial charge in [0, 0.05) is 12.1 Å². The largest absolute Gasteiger partial charge is 0.303 e. The van der Waals surface area contributed by atoms with Gasteiger partial charge in [0.1, 0.15) is 0 Å². The van der Waals surface area contributed by atoms with E-state index in [4.69, 9.17) is 0 Å². The van der Waals surface area contributed by atoms with E-state index >= 15 is 0 Å². The van der Waals surface area contributed by atoms with Gasteiger partial charge in [0.15, 0.2) is 0 Å². The van der Waals surface area contributed by atoms with Gasteiger partial charge in [-0.05, 0) is 24.0 Å². The Hall–Kier alpha value is -1.60. The Morgan fingerprint density at radius 1 is 0.684 bits per heavy atom. The molecule has 0 aliphatic rings. The molecule has 0 aromatic heterocycles. The van der Waals surface area contributed by atoms with Crippen LogP contribution in [0.3, 0.4) is 0 Å². The molecule has 0 amide bonds. The van der Waals surface area contributed by atoms with Crippen LogP contribution in [0.5, 0.6) is 0 Å². The Balaban J connectivity index is 2.13. The minimum absolute atomic E-state index is 0.423. The van der Waals surface area contributed by atoms with E-state index in [2.05, 4.69) is 79.8 Å². The molecule has 2 unspecified atom stereocenters. The summed E-state index contributed by atoms with van der Waals surface area (Å²) in [5.41, 5.74) is 2.75. The number of benzene rings is 2. The Labute approximate surface area is 116 Å². The van der Waals surface area contributed by atoms with Crippen molar-refractivity contribution in [2.24, 2.45) is 0 Å². The van der Waals surface area contributed by atoms with Crippen molar-refractivity contribution in [2.75, 3.05) is 0 Å². The number of hydrogen-bond donors (Lipinski definition) is 1. The van der Waals surface area contributed by atoms with Crippen LogP contribution >= 0.6 is 0 Å². The topological polar surface area (TPSA) is 12.0 Å². The number of hydrogen-bond acceptors (Lipinski definition) is 1. The molecule has 2 aromatic rings. The standard InChI is InChI=1S/C18H23N/c1-3-17(15-11-7-5-8-12-15)19-18(4-2)16-13-9-6-10-14-16/h5-14,17-19H,3-4H2,1-2H3. The van der Waals surface area contributed by atoms with Crippen LogP contribution in [0.25, 0.3) is 0 Å². The van der Waals surface area contributed by atoms with Crippen LogP contribution in [-0.2, 0) is 0 Å². The first kappa shape index (κ1) is 13.8. The fourth-order valence-electron chi connectivity index (χ4n) is 2.51. The van der Waals surface area contributed by atoms with E-state index in [0.29, 0.717) is 12.1 Å². The monoisotopic (exact) mass is 253 g/mol. The maximum Gasteiger partial charge on any atom is 0.0323 e. The van der Waals surface area contributed by atoms with Crippen LogP contribution < -0.4 is 5.32 Å². The molecule has 0 saturated heterocycles. The summed E-state index contributed by atoms with van der Waals surface area (Å²) in [6.45, 7) is 4.48. The summed E-state index contributed by atoms with van der Waals surface area (Å²) < 4.78 is 0. The zero-order chi connectivity index (χ0) is 13.5. The number of rotatable bonds is 6. The van der Waals surface area contributed by atoms with Crippen LogP contribution in [0.4, 0.5) is 0 Å². The summed E-state index contributed by atoms with van der Waals surface area (Å²) in [6, 6.07) is 22.3. The van der Waals surface area contributed by atoms with E-state index in [9.17, 15) is 0 Å². The molecule has 100 valence electrons. The summed E-state index contributed by atoms with van der Waals surface area (Å²) >= 11 is 0. The molecule has 0 aliphatic heterocycles. The van der Waals surface area contributed by atoms with Crippen molar-refractivity contribution in [1.29, 1.82) is 0 Å². The van der Waals surface area contributed by atoms with Crippen LogP contribution in [0.2, 0.25) is 0 Å². The molecule has 2 aromatic carbocycles. The highest BCUT2D eigenvalue weighted by Gasteiger charge is 2.15. The summed E-state index contributed by atoms with van der Waals surface area (Å²) in [5.74, 6) is 0. The molecule has 0 radical (unpaired) electrons. The van der Waals surface area contributed by atoms with Crippen molar-refractivity contribution in [2.45, 2.75) is 38.8 Å². The molecule has 0 fully saturated rings. The molecule has 0 heterocycles. The van der Waals surface area contributed by atoms with Crippen molar-refractivity contribution >= 4 is 0 Å². The summed E-state index contributed by atoms with van der Waals surface area (Å²) in [7, 11) is 0. The van der Waals surface area contributed by atoms with Crippen LogP contribution in [-0.4, -0.2) is 0 Å². The first-order valence-corrected chi connectivity index (χ1v) is 7.21. The second-order valence-corrected chi connectivity index (χ2v) is 4.91. The van der Waals surface area contributed by atoms with E-state index < -0.39 is 0 Å². The molecule has 0 saturated carbocycles. The molecule has 2 rings (SSSR count). The second-order valence-electron chi connectivity index (χ2n) is 4.91. The van der Waals surface area contributed by atoms with E-state index in [0.717, 1.165) is 12.8 Å². The minimum atomic E-state index is 0.423. The summed E-state index contributed by atoms with van der Waals surface area (Å²) in [6.07, 6.45) is 2.21. The third-order valence-electron chi connectivity index (χ3n) is 3.62. The first-order chi connectivity index (χ1) is 9.35. The predicted molar refractivity (Wildman–Crippen MR) is 82.1 cm³/mol. The normalized spacial score (nSPS) is 14.0. The van der Waals surface area contributed by atoms with Crippen LogP contribution in [0.15, 0.2) is 60.7 Å². The molecule has 1 N–H and O–H groups in total. The third-order valence-corrected chi connectivity index (χ3v) is 3.62. The van der Waals surface area contributed by atoms with Gasteiger partial charge in [-0.3, -0.25) is 0 Å². The van der Waals surface area contributed by atoms with Crippen LogP contribution in [0, 0.1) is 0 Å². The average molecular weight is 253 g/mol. The number of nitrogens with one attached hydrogen (secondary N) is 1. The lowest BCUT2D eigenvalue weighted by Gasteiger charge is -2.25. The minimum Gasteiger partial charge on any atom is -0.303 e. The Morgan fingerprint density at radius 2 is 1.05 bits per heavy atom. The van der Waals surface area contributed by atoms with Gasteiger partial charge < -0.3 is 5.32 Å². The second kappa shape index (κ2) is 7.10. The molecule has 19 heavy (non-hydrogen) atoms. The lowest BCUT2D eigenvalue weighted by molar-refractivity contribution is 0.426. The van der Waals surface area contributed by atoms with E-state index in [1.807, 2.05) is 0 Å². The highest BCUT2D eigenvalue weighted by Crippen LogP contribution is 2.24. The summed E-state index contributed by atoms with van der Waals surface area (Å²) in [4.78, 5) is 0. The lowest BCUT2D eigenvalue weighted by Crippen LogP contribution is -2.25. The predicted octanol–water partition coefficient (Wildman–Crippen LogP) is 4.88. The Morgan fingerprint density at radius 3 is 1.37 bits per heavy atom. The maximum absolute atomic E-state index is 3.79. The van der Waals surface area contributed by atoms with Gasteiger partial charge in [-0.1, -0.05) is 74.5 Å². The zero-order valence-electron chi connectivity index (χ0n) is 11.8. The fraction of sp³-hybridized carbons (Fsp3) is 0.333. The molecule has 1 nitrogen and oxygen atoms in total. The Bertz CT molecular complexity index is 418. The van der Waals surface area contributed by atoms with Crippen molar-refractivity contribution in [3.63, 3.8) is 0 Å². The molecule has 0 bridgehead atoms. The highest BCUT2D eigenvalue weighted by atomic mass is 14.9. The molecule has 1 heteroatoms. The SMILES string of the molecule is CCC(NC(CC)c1ccccc1)c1ccccc1. The first-order valence-electron chi connectivity index (χ1n) is 7.21. The summed E-state index contributed by atoms with van der Waals surface area (Å²) in [5, 5.41) is 3.79. The van der Waals surface area contributed by atoms with E-state index in [-0.39, 0.29) is 0 Å². The Kier molecular flexibility index (Phi) is 5.17. The van der Waals surface area contributed by atoms with Crippen molar-refractivity contribution in [3.8, 4) is 0 Å². The van der Waals surface area contributed by atoms with Gasteiger partial charge in [-0.25, -0.2) is 0 Å². The van der Waals surface area contributed by atoms with Gasteiger partial charge in [-0.2, -0.15) is 0 Å². The van der Waals surface area contributed by atoms with E-state index in [1.54, 1.807) is 0 Å². The zero-order valence-corrected chi connectivity index (χ0v) is 11.8. The highest BCUT2D eigenvalue weighted by molar-refractivity contribution is 5.22. The van der Waals surface area contributed by atoms with Gasteiger partial charge in [0.2, 0.25) is 0 Å². The van der Waals surface area contributed by atoms with Crippen molar-refractivity contribution < 1.29 is 0 Å². The maximum atomic E-state index is 3.79. The van der Waals surface area contributed by atoms with E-state index in [1.165, 1.54) is 11.1 Å². The molecular formula is C18H23N. The van der Waals surface area contributed by atoms with Gasteiger partial charge in [0.25, 0.3) is 0 Å². The molecular weight excluding hydrogens is 230 g/mol. The van der Waals surface area contributed by atoms with Gasteiger partial charge in [-0.15, -0.1) is 0 Å². The fourth-order valence-corrected chi connectivity index (χ4v) is 2.51. The van der Waals surface area contributed by atoms with Gasteiger partial charge >= 0.3 is 0 Å².